The molecule has 6 heteroatoms. The topological polar surface area (TPSA) is 70.4 Å². The Kier molecular flexibility index (Phi) is 3.06. The molecule has 0 radical (unpaired) electrons. The molecule has 1 aromatic rings. The summed E-state index contributed by atoms with van der Waals surface area (Å²) in [6, 6.07) is 2.02. The molecular formula is C13H20N4O2. The third-order valence-electron chi connectivity index (χ3n) is 4.23. The van der Waals surface area contributed by atoms with E-state index in [0.717, 1.165) is 25.9 Å². The Labute approximate surface area is 112 Å². The molecule has 104 valence electrons. The van der Waals surface area contributed by atoms with E-state index in [-0.39, 0.29) is 5.91 Å². The third-order valence-corrected chi connectivity index (χ3v) is 4.23. The Morgan fingerprint density at radius 2 is 2.42 bits per heavy atom. The van der Waals surface area contributed by atoms with E-state index >= 15 is 0 Å². The number of aromatic nitrogens is 2. The Morgan fingerprint density at radius 3 is 3.00 bits per heavy atom. The predicted molar refractivity (Wildman–Crippen MR) is 69.4 cm³/mol. The van der Waals surface area contributed by atoms with Crippen LogP contribution in [-0.4, -0.2) is 57.5 Å². The quantitative estimate of drug-likeness (QED) is 0.746. The van der Waals surface area contributed by atoms with Crippen LogP contribution < -0.4 is 5.32 Å². The molecule has 3 heterocycles. The molecule has 1 aromatic heterocycles. The highest BCUT2D eigenvalue weighted by molar-refractivity contribution is 5.87. The fourth-order valence-corrected chi connectivity index (χ4v) is 2.89. The van der Waals surface area contributed by atoms with Crippen LogP contribution in [0, 0.1) is 5.92 Å². The fraction of sp³-hybridized carbons (Fsp3) is 0.692. The second-order valence-corrected chi connectivity index (χ2v) is 5.69. The molecule has 2 aliphatic heterocycles. The third kappa shape index (κ3) is 2.26. The average molecular weight is 264 g/mol. The Balaban J connectivity index is 1.58. The van der Waals surface area contributed by atoms with Crippen LogP contribution >= 0.6 is 0 Å². The van der Waals surface area contributed by atoms with Crippen molar-refractivity contribution in [2.45, 2.75) is 18.4 Å². The molecule has 2 aliphatic rings. The van der Waals surface area contributed by atoms with Gasteiger partial charge in [-0.25, -0.2) is 0 Å². The monoisotopic (exact) mass is 264 g/mol. The summed E-state index contributed by atoms with van der Waals surface area (Å²) in [7, 11) is 1.94. The lowest BCUT2D eigenvalue weighted by molar-refractivity contribution is -0.155. The van der Waals surface area contributed by atoms with Crippen molar-refractivity contribution in [2.24, 2.45) is 13.0 Å². The van der Waals surface area contributed by atoms with Gasteiger partial charge in [0.05, 0.1) is 0 Å². The van der Waals surface area contributed by atoms with E-state index in [9.17, 15) is 9.90 Å². The van der Waals surface area contributed by atoms with Crippen molar-refractivity contribution in [3.63, 3.8) is 0 Å². The van der Waals surface area contributed by atoms with E-state index in [1.807, 2.05) is 22.7 Å². The van der Waals surface area contributed by atoms with Crippen molar-refractivity contribution >= 4 is 5.91 Å². The smallest absolute Gasteiger partial charge is 0.257 e. The molecule has 19 heavy (non-hydrogen) atoms. The summed E-state index contributed by atoms with van der Waals surface area (Å²) in [5.41, 5.74) is 0.0462. The first-order valence-corrected chi connectivity index (χ1v) is 6.78. The van der Waals surface area contributed by atoms with E-state index in [4.69, 9.17) is 0 Å². The lowest BCUT2D eigenvalue weighted by Gasteiger charge is -2.38. The number of rotatable bonds is 3. The van der Waals surface area contributed by atoms with Crippen LogP contribution in [0.2, 0.25) is 0 Å². The lowest BCUT2D eigenvalue weighted by atomic mass is 9.95. The normalized spacial score (nSPS) is 25.4. The number of aryl methyl sites for hydroxylation is 1. The summed E-state index contributed by atoms with van der Waals surface area (Å²) >= 11 is 0. The van der Waals surface area contributed by atoms with Crippen molar-refractivity contribution in [1.82, 2.24) is 20.0 Å². The van der Waals surface area contributed by atoms with Gasteiger partial charge in [-0.15, -0.1) is 0 Å². The Morgan fingerprint density at radius 1 is 1.63 bits per heavy atom. The van der Waals surface area contributed by atoms with E-state index in [1.165, 1.54) is 5.69 Å². The standard InChI is InChI=1S/C13H20N4O2/c1-16-11(2-4-15-16)6-10-3-5-17(7-10)12(18)13(19)8-14-9-13/h2,4,10,14,19H,3,5-9H2,1H3. The number of nitrogens with one attached hydrogen (secondary N) is 1. The summed E-state index contributed by atoms with van der Waals surface area (Å²) in [5, 5.41) is 17.2. The highest BCUT2D eigenvalue weighted by Crippen LogP contribution is 2.24. The van der Waals surface area contributed by atoms with Crippen molar-refractivity contribution in [3.05, 3.63) is 18.0 Å². The molecule has 2 saturated heterocycles. The van der Waals surface area contributed by atoms with Crippen molar-refractivity contribution in [3.8, 4) is 0 Å². The van der Waals surface area contributed by atoms with Crippen molar-refractivity contribution < 1.29 is 9.90 Å². The SMILES string of the molecule is Cn1nccc1CC1CCN(C(=O)C2(O)CNC2)C1. The van der Waals surface area contributed by atoms with Crippen LogP contribution in [0.4, 0.5) is 0 Å². The number of hydrogen-bond acceptors (Lipinski definition) is 4. The number of carbonyl (C=O) groups excluding carboxylic acids is 1. The number of likely N-dealkylation sites (tertiary alicyclic amines) is 1. The molecule has 0 aromatic carbocycles. The van der Waals surface area contributed by atoms with Gasteiger partial charge in [0.15, 0.2) is 5.60 Å². The van der Waals surface area contributed by atoms with E-state index < -0.39 is 5.60 Å². The lowest BCUT2D eigenvalue weighted by Crippen LogP contribution is -2.67. The maximum Gasteiger partial charge on any atom is 0.257 e. The van der Waals surface area contributed by atoms with Crippen LogP contribution in [0.15, 0.2) is 12.3 Å². The largest absolute Gasteiger partial charge is 0.377 e. The maximum absolute atomic E-state index is 12.2. The van der Waals surface area contributed by atoms with Crippen LogP contribution in [0.1, 0.15) is 12.1 Å². The van der Waals surface area contributed by atoms with Crippen molar-refractivity contribution in [2.75, 3.05) is 26.2 Å². The van der Waals surface area contributed by atoms with Crippen molar-refractivity contribution in [1.29, 1.82) is 0 Å². The Bertz CT molecular complexity index is 481. The molecule has 0 bridgehead atoms. The number of carbonyl (C=O) groups is 1. The number of nitrogens with zero attached hydrogens (tertiary/aromatic N) is 3. The van der Waals surface area contributed by atoms with Crippen LogP contribution in [0.25, 0.3) is 0 Å². The fourth-order valence-electron chi connectivity index (χ4n) is 2.89. The van der Waals surface area contributed by atoms with Gasteiger partial charge in [0.1, 0.15) is 0 Å². The van der Waals surface area contributed by atoms with E-state index in [1.54, 1.807) is 6.20 Å². The summed E-state index contributed by atoms with van der Waals surface area (Å²) in [6.07, 6.45) is 3.74. The summed E-state index contributed by atoms with van der Waals surface area (Å²) in [4.78, 5) is 14.0. The van der Waals surface area contributed by atoms with Gasteiger partial charge in [-0.1, -0.05) is 0 Å². The first kappa shape index (κ1) is 12.6. The molecule has 1 amide bonds. The molecule has 3 rings (SSSR count). The van der Waals surface area contributed by atoms with Gasteiger partial charge in [-0.3, -0.25) is 9.48 Å². The van der Waals surface area contributed by atoms with Gasteiger partial charge in [-0.2, -0.15) is 5.10 Å². The second-order valence-electron chi connectivity index (χ2n) is 5.69. The summed E-state index contributed by atoms with van der Waals surface area (Å²) < 4.78 is 1.88. The van der Waals surface area contributed by atoms with Gasteiger partial charge in [-0.05, 0) is 24.8 Å². The molecular weight excluding hydrogens is 244 g/mol. The zero-order chi connectivity index (χ0) is 13.5. The predicted octanol–water partition coefficient (Wildman–Crippen LogP) is -0.855. The summed E-state index contributed by atoms with van der Waals surface area (Å²) in [5.74, 6) is 0.356. The van der Waals surface area contributed by atoms with E-state index in [0.29, 0.717) is 19.0 Å². The average Bonchev–Trinajstić information content (AvgIpc) is 2.96. The van der Waals surface area contributed by atoms with Crippen LogP contribution in [0.3, 0.4) is 0 Å². The number of β-amino-alcohol motifs (C(OH)–C–C–N with tert-alkyl or cyclic N) is 1. The molecule has 0 aliphatic carbocycles. The number of amides is 1. The Hall–Kier alpha value is -1.40. The zero-order valence-corrected chi connectivity index (χ0v) is 11.2. The zero-order valence-electron chi connectivity index (χ0n) is 11.2. The van der Waals surface area contributed by atoms with Gasteiger partial charge >= 0.3 is 0 Å². The highest BCUT2D eigenvalue weighted by Gasteiger charge is 2.46. The maximum atomic E-state index is 12.2. The van der Waals surface area contributed by atoms with Gasteiger partial charge < -0.3 is 15.3 Å². The minimum Gasteiger partial charge on any atom is -0.377 e. The van der Waals surface area contributed by atoms with Crippen LogP contribution in [0.5, 0.6) is 0 Å². The number of hydrogen-bond donors (Lipinski definition) is 2. The molecule has 0 saturated carbocycles. The number of aliphatic hydroxyl groups is 1. The molecule has 0 spiro atoms. The van der Waals surface area contributed by atoms with Crippen LogP contribution in [-0.2, 0) is 18.3 Å². The first-order chi connectivity index (χ1) is 9.08. The van der Waals surface area contributed by atoms with Gasteiger partial charge in [0.2, 0.25) is 0 Å². The minimum absolute atomic E-state index is 0.112. The molecule has 2 N–H and O–H groups in total. The molecule has 1 unspecified atom stereocenters. The highest BCUT2D eigenvalue weighted by atomic mass is 16.3. The molecule has 6 nitrogen and oxygen atoms in total. The van der Waals surface area contributed by atoms with E-state index in [2.05, 4.69) is 10.4 Å². The first-order valence-electron chi connectivity index (χ1n) is 6.78. The summed E-state index contributed by atoms with van der Waals surface area (Å²) in [6.45, 7) is 2.26. The molecule has 2 fully saturated rings. The molecule has 1 atom stereocenters. The minimum atomic E-state index is -1.15. The van der Waals surface area contributed by atoms with Gasteiger partial charge in [0.25, 0.3) is 5.91 Å². The second kappa shape index (κ2) is 4.61. The van der Waals surface area contributed by atoms with Gasteiger partial charge in [0, 0.05) is 45.1 Å².